The van der Waals surface area contributed by atoms with Crippen LogP contribution in [0.15, 0.2) is 89.8 Å². The summed E-state index contributed by atoms with van der Waals surface area (Å²) in [5.74, 6) is 1.08. The SMILES string of the molecule is O=S(=O)(Nc1ccccc1Oc1ccccc1)c1ccccc1. The Morgan fingerprint density at radius 1 is 0.696 bits per heavy atom. The molecule has 23 heavy (non-hydrogen) atoms. The quantitative estimate of drug-likeness (QED) is 0.762. The summed E-state index contributed by atoms with van der Waals surface area (Å²) >= 11 is 0. The van der Waals surface area contributed by atoms with Gasteiger partial charge in [-0.25, -0.2) is 8.42 Å². The first-order valence-electron chi connectivity index (χ1n) is 7.05. The van der Waals surface area contributed by atoms with Crippen molar-refractivity contribution >= 4 is 15.7 Å². The molecule has 0 unspecified atom stereocenters. The van der Waals surface area contributed by atoms with Crippen molar-refractivity contribution < 1.29 is 13.2 Å². The van der Waals surface area contributed by atoms with Crippen molar-refractivity contribution in [2.45, 2.75) is 4.90 Å². The van der Waals surface area contributed by atoms with E-state index in [1.54, 1.807) is 54.6 Å². The second kappa shape index (κ2) is 6.54. The standard InChI is InChI=1S/C18H15NO3S/c20-23(21,16-11-5-2-6-12-16)19-17-13-7-8-14-18(17)22-15-9-3-1-4-10-15/h1-14,19H. The molecule has 0 atom stereocenters. The number of hydrogen-bond acceptors (Lipinski definition) is 3. The molecule has 0 aromatic heterocycles. The molecule has 0 fully saturated rings. The molecule has 116 valence electrons. The molecule has 0 radical (unpaired) electrons. The van der Waals surface area contributed by atoms with Gasteiger partial charge in [-0.1, -0.05) is 48.5 Å². The van der Waals surface area contributed by atoms with Gasteiger partial charge >= 0.3 is 0 Å². The molecule has 3 aromatic carbocycles. The Kier molecular flexibility index (Phi) is 4.30. The van der Waals surface area contributed by atoms with Crippen LogP contribution in [0.25, 0.3) is 0 Å². The minimum Gasteiger partial charge on any atom is -0.455 e. The second-order valence-electron chi connectivity index (χ2n) is 4.83. The normalized spacial score (nSPS) is 11.0. The Balaban J connectivity index is 1.89. The number of para-hydroxylation sites is 3. The Labute approximate surface area is 135 Å². The van der Waals surface area contributed by atoms with Crippen LogP contribution in [0.2, 0.25) is 0 Å². The van der Waals surface area contributed by atoms with Gasteiger partial charge < -0.3 is 4.74 Å². The molecule has 5 heteroatoms. The van der Waals surface area contributed by atoms with Gasteiger partial charge in [-0.05, 0) is 36.4 Å². The van der Waals surface area contributed by atoms with E-state index in [2.05, 4.69) is 4.72 Å². The van der Waals surface area contributed by atoms with E-state index < -0.39 is 10.0 Å². The fraction of sp³-hybridized carbons (Fsp3) is 0. The van der Waals surface area contributed by atoms with Crippen LogP contribution >= 0.6 is 0 Å². The lowest BCUT2D eigenvalue weighted by molar-refractivity contribution is 0.485. The topological polar surface area (TPSA) is 55.4 Å². The molecule has 0 heterocycles. The Bertz CT molecular complexity index is 878. The fourth-order valence-electron chi connectivity index (χ4n) is 2.06. The molecule has 0 aliphatic heterocycles. The lowest BCUT2D eigenvalue weighted by Gasteiger charge is -2.13. The van der Waals surface area contributed by atoms with Crippen molar-refractivity contribution in [3.8, 4) is 11.5 Å². The molecule has 4 nitrogen and oxygen atoms in total. The molecule has 1 N–H and O–H groups in total. The number of ether oxygens (including phenoxy) is 1. The van der Waals surface area contributed by atoms with Crippen molar-refractivity contribution in [2.24, 2.45) is 0 Å². The zero-order valence-electron chi connectivity index (χ0n) is 12.2. The lowest BCUT2D eigenvalue weighted by Crippen LogP contribution is -2.13. The summed E-state index contributed by atoms with van der Waals surface area (Å²) in [6.07, 6.45) is 0. The van der Waals surface area contributed by atoms with Crippen molar-refractivity contribution in [1.29, 1.82) is 0 Å². The van der Waals surface area contributed by atoms with E-state index >= 15 is 0 Å². The average molecular weight is 325 g/mol. The number of anilines is 1. The van der Waals surface area contributed by atoms with E-state index in [9.17, 15) is 8.42 Å². The number of sulfonamides is 1. The third-order valence-electron chi connectivity index (χ3n) is 3.16. The maximum absolute atomic E-state index is 12.4. The highest BCUT2D eigenvalue weighted by molar-refractivity contribution is 7.92. The minimum atomic E-state index is -3.66. The zero-order chi connectivity index (χ0) is 16.1. The largest absolute Gasteiger partial charge is 0.455 e. The maximum Gasteiger partial charge on any atom is 0.262 e. The molecule has 0 aliphatic rings. The number of rotatable bonds is 5. The lowest BCUT2D eigenvalue weighted by atomic mass is 10.3. The number of benzene rings is 3. The van der Waals surface area contributed by atoms with Gasteiger partial charge in [-0.3, -0.25) is 4.72 Å². The molecule has 0 saturated heterocycles. The van der Waals surface area contributed by atoms with Gasteiger partial charge in [0.1, 0.15) is 5.75 Å². The molecule has 0 bridgehead atoms. The predicted octanol–water partition coefficient (Wildman–Crippen LogP) is 4.28. The highest BCUT2D eigenvalue weighted by atomic mass is 32.2. The van der Waals surface area contributed by atoms with Crippen LogP contribution < -0.4 is 9.46 Å². The molecular weight excluding hydrogens is 310 g/mol. The summed E-state index contributed by atoms with van der Waals surface area (Å²) in [7, 11) is -3.66. The smallest absolute Gasteiger partial charge is 0.262 e. The molecule has 0 aliphatic carbocycles. The van der Waals surface area contributed by atoms with E-state index in [1.807, 2.05) is 30.3 Å². The third-order valence-corrected chi connectivity index (χ3v) is 4.54. The molecular formula is C18H15NO3S. The van der Waals surface area contributed by atoms with E-state index in [0.717, 1.165) is 0 Å². The molecule has 3 aromatic rings. The van der Waals surface area contributed by atoms with Crippen LogP contribution in [0, 0.1) is 0 Å². The summed E-state index contributed by atoms with van der Waals surface area (Å²) in [5.41, 5.74) is 0.389. The monoisotopic (exact) mass is 325 g/mol. The number of hydrogen-bond donors (Lipinski definition) is 1. The Morgan fingerprint density at radius 2 is 1.26 bits per heavy atom. The van der Waals surface area contributed by atoms with Gasteiger partial charge in [0.15, 0.2) is 5.75 Å². The summed E-state index contributed by atoms with van der Waals surface area (Å²) in [6.45, 7) is 0. The van der Waals surface area contributed by atoms with E-state index in [0.29, 0.717) is 17.2 Å². The summed E-state index contributed by atoms with van der Waals surface area (Å²) < 4.78 is 33.2. The minimum absolute atomic E-state index is 0.203. The van der Waals surface area contributed by atoms with Crippen molar-refractivity contribution in [3.05, 3.63) is 84.9 Å². The Morgan fingerprint density at radius 3 is 1.96 bits per heavy atom. The predicted molar refractivity (Wildman–Crippen MR) is 90.2 cm³/mol. The third kappa shape index (κ3) is 3.70. The van der Waals surface area contributed by atoms with E-state index in [4.69, 9.17) is 4.74 Å². The first-order chi connectivity index (χ1) is 11.1. The molecule has 0 spiro atoms. The van der Waals surface area contributed by atoms with Crippen LogP contribution in [0.5, 0.6) is 11.5 Å². The summed E-state index contributed by atoms with van der Waals surface area (Å²) in [6, 6.07) is 24.4. The van der Waals surface area contributed by atoms with Crippen LogP contribution in [0.4, 0.5) is 5.69 Å². The second-order valence-corrected chi connectivity index (χ2v) is 6.51. The zero-order valence-corrected chi connectivity index (χ0v) is 13.0. The van der Waals surface area contributed by atoms with Gasteiger partial charge in [0.25, 0.3) is 10.0 Å². The van der Waals surface area contributed by atoms with Gasteiger partial charge in [-0.15, -0.1) is 0 Å². The van der Waals surface area contributed by atoms with Gasteiger partial charge in [-0.2, -0.15) is 0 Å². The highest BCUT2D eigenvalue weighted by Crippen LogP contribution is 2.30. The van der Waals surface area contributed by atoms with E-state index in [-0.39, 0.29) is 4.90 Å². The van der Waals surface area contributed by atoms with Gasteiger partial charge in [0.2, 0.25) is 0 Å². The van der Waals surface area contributed by atoms with Crippen LogP contribution in [0.1, 0.15) is 0 Å². The molecule has 3 rings (SSSR count). The van der Waals surface area contributed by atoms with Crippen LogP contribution in [-0.4, -0.2) is 8.42 Å². The van der Waals surface area contributed by atoms with Gasteiger partial charge in [0.05, 0.1) is 10.6 Å². The molecule has 0 saturated carbocycles. The van der Waals surface area contributed by atoms with E-state index in [1.165, 1.54) is 0 Å². The average Bonchev–Trinajstić information content (AvgIpc) is 2.58. The van der Waals surface area contributed by atoms with Gasteiger partial charge in [0, 0.05) is 0 Å². The fourth-order valence-corrected chi connectivity index (χ4v) is 3.15. The van der Waals surface area contributed by atoms with Crippen LogP contribution in [-0.2, 0) is 10.0 Å². The van der Waals surface area contributed by atoms with Crippen LogP contribution in [0.3, 0.4) is 0 Å². The summed E-state index contributed by atoms with van der Waals surface area (Å²) in [4.78, 5) is 0.203. The van der Waals surface area contributed by atoms with Crippen molar-refractivity contribution in [3.63, 3.8) is 0 Å². The summed E-state index contributed by atoms with van der Waals surface area (Å²) in [5, 5.41) is 0. The Hall–Kier alpha value is -2.79. The highest BCUT2D eigenvalue weighted by Gasteiger charge is 2.16. The first-order valence-corrected chi connectivity index (χ1v) is 8.53. The van der Waals surface area contributed by atoms with Crippen molar-refractivity contribution in [1.82, 2.24) is 0 Å². The number of nitrogens with one attached hydrogen (secondary N) is 1. The molecule has 0 amide bonds. The first kappa shape index (κ1) is 15.1. The maximum atomic E-state index is 12.4. The van der Waals surface area contributed by atoms with Crippen molar-refractivity contribution in [2.75, 3.05) is 4.72 Å².